The number of nitrogens with one attached hydrogen (secondary N) is 1. The fourth-order valence-corrected chi connectivity index (χ4v) is 1.87. The second-order valence-corrected chi connectivity index (χ2v) is 5.48. The van der Waals surface area contributed by atoms with Crippen LogP contribution in [0.2, 0.25) is 0 Å². The topological polar surface area (TPSA) is 97.1 Å². The van der Waals surface area contributed by atoms with E-state index in [9.17, 15) is 9.59 Å². The predicted molar refractivity (Wildman–Crippen MR) is 73.4 cm³/mol. The van der Waals surface area contributed by atoms with Crippen LogP contribution in [0.3, 0.4) is 0 Å². The second-order valence-electron chi connectivity index (χ2n) is 5.48. The fourth-order valence-electron chi connectivity index (χ4n) is 1.87. The first kappa shape index (κ1) is 16.1. The van der Waals surface area contributed by atoms with Gasteiger partial charge in [0.1, 0.15) is 0 Å². The molecule has 7 heteroatoms. The number of aryl methyl sites for hydroxylation is 1. The molecule has 0 spiro atoms. The van der Waals surface area contributed by atoms with Crippen LogP contribution in [0.25, 0.3) is 0 Å². The number of carbonyl (C=O) groups is 2. The van der Waals surface area contributed by atoms with Gasteiger partial charge in [-0.25, -0.2) is 9.48 Å². The monoisotopic (exact) mass is 282 g/mol. The van der Waals surface area contributed by atoms with Crippen LogP contribution >= 0.6 is 0 Å². The lowest BCUT2D eigenvalue weighted by Gasteiger charge is -2.10. The van der Waals surface area contributed by atoms with Gasteiger partial charge in [0.2, 0.25) is 5.91 Å². The summed E-state index contributed by atoms with van der Waals surface area (Å²) >= 11 is 0. The predicted octanol–water partition coefficient (Wildman–Crippen LogP) is 1.09. The summed E-state index contributed by atoms with van der Waals surface area (Å²) in [6.07, 6.45) is 0.826. The summed E-state index contributed by atoms with van der Waals surface area (Å²) in [5, 5.41) is 19.4. The van der Waals surface area contributed by atoms with Crippen molar-refractivity contribution in [3.63, 3.8) is 0 Å². The molecule has 7 nitrogen and oxygen atoms in total. The third kappa shape index (κ3) is 4.64. The van der Waals surface area contributed by atoms with E-state index in [1.807, 2.05) is 27.7 Å². The summed E-state index contributed by atoms with van der Waals surface area (Å²) in [7, 11) is 0. The van der Waals surface area contributed by atoms with Crippen LogP contribution in [-0.2, 0) is 17.8 Å². The van der Waals surface area contributed by atoms with Gasteiger partial charge in [0, 0.05) is 12.5 Å². The number of amides is 1. The minimum atomic E-state index is -1.08. The lowest BCUT2D eigenvalue weighted by Crippen LogP contribution is -2.31. The normalized spacial score (nSPS) is 11.1. The summed E-state index contributed by atoms with van der Waals surface area (Å²) in [5.74, 6) is -0.878. The summed E-state index contributed by atoms with van der Waals surface area (Å²) in [6.45, 7) is 8.10. The number of aromatic nitrogens is 3. The first-order valence-electron chi connectivity index (χ1n) is 6.76. The zero-order valence-corrected chi connectivity index (χ0v) is 12.4. The molecule has 0 aliphatic heterocycles. The molecule has 1 aromatic rings. The average Bonchev–Trinajstić information content (AvgIpc) is 2.67. The number of carboxylic acid groups (broad SMARTS) is 1. The molecule has 2 N–H and O–H groups in total. The molecule has 0 saturated carbocycles. The van der Waals surface area contributed by atoms with Crippen molar-refractivity contribution in [2.45, 2.75) is 53.1 Å². The van der Waals surface area contributed by atoms with Crippen molar-refractivity contribution < 1.29 is 14.7 Å². The summed E-state index contributed by atoms with van der Waals surface area (Å²) in [6, 6.07) is 0.0861. The molecule has 20 heavy (non-hydrogen) atoms. The second kappa shape index (κ2) is 7.02. The number of hydrogen-bond acceptors (Lipinski definition) is 4. The summed E-state index contributed by atoms with van der Waals surface area (Å²) in [4.78, 5) is 22.7. The van der Waals surface area contributed by atoms with Crippen molar-refractivity contribution in [1.29, 1.82) is 0 Å². The lowest BCUT2D eigenvalue weighted by molar-refractivity contribution is -0.121. The molecule has 0 atom stereocenters. The molecule has 0 saturated heterocycles. The molecule has 1 aromatic heterocycles. The Hall–Kier alpha value is -1.92. The highest BCUT2D eigenvalue weighted by molar-refractivity contribution is 5.86. The van der Waals surface area contributed by atoms with E-state index in [2.05, 4.69) is 15.6 Å². The molecule has 0 fully saturated rings. The van der Waals surface area contributed by atoms with Crippen molar-refractivity contribution in [2.75, 3.05) is 0 Å². The van der Waals surface area contributed by atoms with Crippen LogP contribution in [0.4, 0.5) is 0 Å². The van der Waals surface area contributed by atoms with Gasteiger partial charge in [-0.2, -0.15) is 0 Å². The van der Waals surface area contributed by atoms with Crippen molar-refractivity contribution in [2.24, 2.45) is 5.92 Å². The lowest BCUT2D eigenvalue weighted by atomic mass is 10.1. The minimum Gasteiger partial charge on any atom is -0.476 e. The summed E-state index contributed by atoms with van der Waals surface area (Å²) < 4.78 is 1.52. The van der Waals surface area contributed by atoms with E-state index in [0.29, 0.717) is 18.7 Å². The number of nitrogens with zero attached hydrogens (tertiary/aromatic N) is 3. The Morgan fingerprint density at radius 2 is 1.95 bits per heavy atom. The van der Waals surface area contributed by atoms with E-state index in [1.165, 1.54) is 4.68 Å². The van der Waals surface area contributed by atoms with Crippen LogP contribution < -0.4 is 5.32 Å². The van der Waals surface area contributed by atoms with E-state index in [0.717, 1.165) is 0 Å². The molecule has 0 bridgehead atoms. The molecular formula is C13H22N4O3. The minimum absolute atomic E-state index is 0.0250. The highest BCUT2D eigenvalue weighted by Gasteiger charge is 2.20. The van der Waals surface area contributed by atoms with Gasteiger partial charge in [-0.15, -0.1) is 5.10 Å². The number of aromatic carboxylic acids is 1. The van der Waals surface area contributed by atoms with E-state index < -0.39 is 5.97 Å². The highest BCUT2D eigenvalue weighted by Crippen LogP contribution is 2.12. The van der Waals surface area contributed by atoms with E-state index in [4.69, 9.17) is 5.11 Å². The van der Waals surface area contributed by atoms with E-state index in [-0.39, 0.29) is 30.0 Å². The standard InChI is InChI=1S/C13H22N4O3/c1-8(2)7-10-12(13(19)20)15-16-17(10)6-5-11(18)14-9(3)4/h8-9H,5-7H2,1-4H3,(H,14,18)(H,19,20). The highest BCUT2D eigenvalue weighted by atomic mass is 16.4. The molecule has 1 heterocycles. The zero-order valence-electron chi connectivity index (χ0n) is 12.4. The van der Waals surface area contributed by atoms with E-state index in [1.54, 1.807) is 0 Å². The number of carbonyl (C=O) groups excluding carboxylic acids is 1. The Kier molecular flexibility index (Phi) is 5.66. The Bertz CT molecular complexity index is 480. The molecule has 0 radical (unpaired) electrons. The molecule has 0 aliphatic carbocycles. The van der Waals surface area contributed by atoms with Crippen molar-refractivity contribution in [3.8, 4) is 0 Å². The van der Waals surface area contributed by atoms with Gasteiger partial charge in [0.25, 0.3) is 0 Å². The number of carboxylic acids is 1. The van der Waals surface area contributed by atoms with Gasteiger partial charge in [0.15, 0.2) is 5.69 Å². The van der Waals surface area contributed by atoms with Crippen LogP contribution in [0.15, 0.2) is 0 Å². The van der Waals surface area contributed by atoms with Crippen LogP contribution in [0.1, 0.15) is 50.3 Å². The average molecular weight is 282 g/mol. The maximum Gasteiger partial charge on any atom is 0.358 e. The van der Waals surface area contributed by atoms with Crippen LogP contribution in [0, 0.1) is 5.92 Å². The van der Waals surface area contributed by atoms with Gasteiger partial charge in [-0.05, 0) is 26.2 Å². The molecular weight excluding hydrogens is 260 g/mol. The Morgan fingerprint density at radius 3 is 2.45 bits per heavy atom. The smallest absolute Gasteiger partial charge is 0.358 e. The molecule has 0 aliphatic rings. The van der Waals surface area contributed by atoms with Gasteiger partial charge in [0.05, 0.1) is 12.2 Å². The van der Waals surface area contributed by atoms with Gasteiger partial charge in [-0.3, -0.25) is 4.79 Å². The van der Waals surface area contributed by atoms with Crippen molar-refractivity contribution in [3.05, 3.63) is 11.4 Å². The van der Waals surface area contributed by atoms with Gasteiger partial charge < -0.3 is 10.4 Å². The quantitative estimate of drug-likeness (QED) is 0.780. The van der Waals surface area contributed by atoms with Gasteiger partial charge >= 0.3 is 5.97 Å². The zero-order chi connectivity index (χ0) is 15.3. The fraction of sp³-hybridized carbons (Fsp3) is 0.692. The molecule has 1 rings (SSSR count). The first-order chi connectivity index (χ1) is 9.31. The third-order valence-electron chi connectivity index (χ3n) is 2.64. The SMILES string of the molecule is CC(C)Cc1c(C(=O)O)nnn1CCC(=O)NC(C)C. The number of hydrogen-bond donors (Lipinski definition) is 2. The van der Waals surface area contributed by atoms with Crippen molar-refractivity contribution in [1.82, 2.24) is 20.3 Å². The van der Waals surface area contributed by atoms with Crippen LogP contribution in [-0.4, -0.2) is 38.0 Å². The molecule has 0 aromatic carbocycles. The van der Waals surface area contributed by atoms with E-state index >= 15 is 0 Å². The van der Waals surface area contributed by atoms with Gasteiger partial charge in [-0.1, -0.05) is 19.1 Å². The van der Waals surface area contributed by atoms with Crippen molar-refractivity contribution >= 4 is 11.9 Å². The first-order valence-corrected chi connectivity index (χ1v) is 6.76. The molecule has 1 amide bonds. The summed E-state index contributed by atoms with van der Waals surface area (Å²) in [5.41, 5.74) is 0.549. The Balaban J connectivity index is 2.79. The molecule has 0 unspecified atom stereocenters. The Labute approximate surface area is 118 Å². The van der Waals surface area contributed by atoms with Crippen LogP contribution in [0.5, 0.6) is 0 Å². The maximum absolute atomic E-state index is 11.6. The maximum atomic E-state index is 11.6. The third-order valence-corrected chi connectivity index (χ3v) is 2.64. The Morgan fingerprint density at radius 1 is 1.30 bits per heavy atom. The molecule has 112 valence electrons. The largest absolute Gasteiger partial charge is 0.476 e. The number of rotatable bonds is 7.